The van der Waals surface area contributed by atoms with Crippen LogP contribution in [0.2, 0.25) is 0 Å². The zero-order chi connectivity index (χ0) is 22.3. The highest BCUT2D eigenvalue weighted by Gasteiger charge is 2.09. The Bertz CT molecular complexity index is 1160. The fourth-order valence-electron chi connectivity index (χ4n) is 3.18. The van der Waals surface area contributed by atoms with Crippen LogP contribution in [0, 0.1) is 6.92 Å². The van der Waals surface area contributed by atoms with Crippen LogP contribution in [0.3, 0.4) is 0 Å². The predicted octanol–water partition coefficient (Wildman–Crippen LogP) is 5.08. The second kappa shape index (κ2) is 9.83. The maximum atomic E-state index is 12.6. The molecule has 1 aromatic heterocycles. The minimum atomic E-state index is -0.201. The molecule has 0 unspecified atom stereocenters. The minimum absolute atomic E-state index is 0.201. The number of ether oxygens (including phenoxy) is 2. The summed E-state index contributed by atoms with van der Waals surface area (Å²) < 4.78 is 12.7. The number of methoxy groups -OCH3 is 1. The number of carbonyl (C=O) groups is 1. The second-order valence-corrected chi connectivity index (χ2v) is 7.50. The quantitative estimate of drug-likeness (QED) is 0.426. The topological polar surface area (TPSA) is 65.4 Å². The zero-order valence-electron chi connectivity index (χ0n) is 18.1. The van der Waals surface area contributed by atoms with Crippen LogP contribution in [-0.2, 0) is 13.2 Å². The molecular formula is C26H25N3O3. The Morgan fingerprint density at radius 3 is 2.22 bits per heavy atom. The molecule has 6 heteroatoms. The van der Waals surface area contributed by atoms with Gasteiger partial charge in [0.25, 0.3) is 5.91 Å². The predicted molar refractivity (Wildman–Crippen MR) is 124 cm³/mol. The number of hydrogen-bond donors (Lipinski definition) is 1. The number of aryl methyl sites for hydroxylation is 1. The molecule has 0 bridgehead atoms. The van der Waals surface area contributed by atoms with Crippen LogP contribution in [0.4, 0.5) is 5.82 Å². The van der Waals surface area contributed by atoms with E-state index in [9.17, 15) is 4.79 Å². The van der Waals surface area contributed by atoms with E-state index >= 15 is 0 Å². The number of aromatic nitrogens is 2. The first-order valence-electron chi connectivity index (χ1n) is 10.4. The van der Waals surface area contributed by atoms with Gasteiger partial charge >= 0.3 is 0 Å². The molecule has 6 nitrogen and oxygen atoms in total. The maximum Gasteiger partial charge on any atom is 0.256 e. The number of amides is 1. The van der Waals surface area contributed by atoms with Crippen LogP contribution in [-0.4, -0.2) is 22.8 Å². The van der Waals surface area contributed by atoms with Gasteiger partial charge in [-0.3, -0.25) is 9.48 Å². The Kier molecular flexibility index (Phi) is 6.51. The first-order valence-corrected chi connectivity index (χ1v) is 10.4. The van der Waals surface area contributed by atoms with Crippen molar-refractivity contribution in [3.8, 4) is 11.5 Å². The molecule has 0 atom stereocenters. The maximum absolute atomic E-state index is 12.6. The summed E-state index contributed by atoms with van der Waals surface area (Å²) in [5.41, 5.74) is 3.91. The molecule has 32 heavy (non-hydrogen) atoms. The smallest absolute Gasteiger partial charge is 0.256 e. The lowest BCUT2D eigenvalue weighted by atomic mass is 10.1. The van der Waals surface area contributed by atoms with Gasteiger partial charge in [0.1, 0.15) is 18.1 Å². The molecule has 0 saturated carbocycles. The Hall–Kier alpha value is -4.06. The Morgan fingerprint density at radius 1 is 0.875 bits per heavy atom. The van der Waals surface area contributed by atoms with E-state index < -0.39 is 0 Å². The van der Waals surface area contributed by atoms with E-state index in [1.54, 1.807) is 30.0 Å². The molecule has 0 spiro atoms. The number of carbonyl (C=O) groups excluding carboxylic acids is 1. The van der Waals surface area contributed by atoms with E-state index in [-0.39, 0.29) is 5.91 Å². The summed E-state index contributed by atoms with van der Waals surface area (Å²) >= 11 is 0. The molecule has 4 rings (SSSR count). The van der Waals surface area contributed by atoms with Crippen molar-refractivity contribution in [3.63, 3.8) is 0 Å². The summed E-state index contributed by atoms with van der Waals surface area (Å²) in [6.45, 7) is 3.13. The number of anilines is 1. The number of hydrogen-bond acceptors (Lipinski definition) is 4. The molecule has 0 aliphatic rings. The number of nitrogens with zero attached hydrogens (tertiary/aromatic N) is 2. The highest BCUT2D eigenvalue weighted by Crippen LogP contribution is 2.18. The highest BCUT2D eigenvalue weighted by molar-refractivity contribution is 6.03. The molecule has 162 valence electrons. The number of nitrogens with one attached hydrogen (secondary N) is 1. The van der Waals surface area contributed by atoms with Gasteiger partial charge in [0.05, 0.1) is 13.7 Å². The molecule has 4 aromatic rings. The standard InChI is InChI=1S/C26H25N3O3/c1-19-3-5-20(6-4-19)17-29-16-15-25(28-29)27-26(30)22-9-7-21(8-10-22)18-32-24-13-11-23(31-2)12-14-24/h3-16H,17-18H2,1-2H3,(H,27,28,30). The van der Waals surface area contributed by atoms with Gasteiger partial charge in [-0.05, 0) is 54.4 Å². The number of benzene rings is 3. The average Bonchev–Trinajstić information content (AvgIpc) is 3.26. The lowest BCUT2D eigenvalue weighted by Crippen LogP contribution is -2.13. The van der Waals surface area contributed by atoms with E-state index in [0.29, 0.717) is 24.5 Å². The third-order valence-electron chi connectivity index (χ3n) is 5.03. The van der Waals surface area contributed by atoms with Crippen LogP contribution in [0.25, 0.3) is 0 Å². The van der Waals surface area contributed by atoms with Crippen LogP contribution in [0.5, 0.6) is 11.5 Å². The first kappa shape index (κ1) is 21.2. The van der Waals surface area contributed by atoms with Crippen molar-refractivity contribution in [2.24, 2.45) is 0 Å². The molecule has 1 N–H and O–H groups in total. The van der Waals surface area contributed by atoms with Crippen molar-refractivity contribution in [2.45, 2.75) is 20.1 Å². The van der Waals surface area contributed by atoms with E-state index in [2.05, 4.69) is 41.6 Å². The molecule has 0 aliphatic heterocycles. The van der Waals surface area contributed by atoms with Crippen molar-refractivity contribution < 1.29 is 14.3 Å². The Labute approximate surface area is 187 Å². The molecular weight excluding hydrogens is 402 g/mol. The largest absolute Gasteiger partial charge is 0.497 e. The monoisotopic (exact) mass is 427 g/mol. The van der Waals surface area contributed by atoms with E-state index in [1.807, 2.05) is 42.6 Å². The van der Waals surface area contributed by atoms with Gasteiger partial charge in [0, 0.05) is 17.8 Å². The molecule has 0 radical (unpaired) electrons. The molecule has 0 saturated heterocycles. The Morgan fingerprint density at radius 2 is 1.53 bits per heavy atom. The highest BCUT2D eigenvalue weighted by atomic mass is 16.5. The first-order chi connectivity index (χ1) is 15.6. The summed E-state index contributed by atoms with van der Waals surface area (Å²) in [7, 11) is 1.63. The summed E-state index contributed by atoms with van der Waals surface area (Å²) in [5, 5.41) is 7.29. The van der Waals surface area contributed by atoms with Gasteiger partial charge in [-0.15, -0.1) is 0 Å². The molecule has 1 heterocycles. The summed E-state index contributed by atoms with van der Waals surface area (Å²) in [5.74, 6) is 1.86. The third-order valence-corrected chi connectivity index (χ3v) is 5.03. The van der Waals surface area contributed by atoms with Gasteiger partial charge in [-0.1, -0.05) is 42.0 Å². The van der Waals surface area contributed by atoms with Gasteiger partial charge < -0.3 is 14.8 Å². The van der Waals surface area contributed by atoms with Crippen molar-refractivity contribution in [1.82, 2.24) is 9.78 Å². The summed E-state index contributed by atoms with van der Waals surface area (Å²) in [6.07, 6.45) is 1.86. The molecule has 1 amide bonds. The fourth-order valence-corrected chi connectivity index (χ4v) is 3.18. The number of rotatable bonds is 8. The van der Waals surface area contributed by atoms with Crippen LogP contribution >= 0.6 is 0 Å². The van der Waals surface area contributed by atoms with Gasteiger partial charge in [0.15, 0.2) is 5.82 Å². The van der Waals surface area contributed by atoms with Crippen molar-refractivity contribution in [3.05, 3.63) is 107 Å². The van der Waals surface area contributed by atoms with Crippen molar-refractivity contribution in [2.75, 3.05) is 12.4 Å². The average molecular weight is 428 g/mol. The normalized spacial score (nSPS) is 10.6. The lowest BCUT2D eigenvalue weighted by Gasteiger charge is -2.08. The lowest BCUT2D eigenvalue weighted by molar-refractivity contribution is 0.102. The van der Waals surface area contributed by atoms with E-state index in [0.717, 1.165) is 22.6 Å². The van der Waals surface area contributed by atoms with Gasteiger partial charge in [-0.2, -0.15) is 5.10 Å². The van der Waals surface area contributed by atoms with Crippen LogP contribution in [0.1, 0.15) is 27.0 Å². The molecule has 3 aromatic carbocycles. The van der Waals surface area contributed by atoms with Crippen LogP contribution < -0.4 is 14.8 Å². The summed E-state index contributed by atoms with van der Waals surface area (Å²) in [6, 6.07) is 24.9. The zero-order valence-corrected chi connectivity index (χ0v) is 18.1. The Balaban J connectivity index is 1.30. The van der Waals surface area contributed by atoms with Gasteiger partial charge in [0.2, 0.25) is 0 Å². The van der Waals surface area contributed by atoms with Gasteiger partial charge in [-0.25, -0.2) is 0 Å². The molecule has 0 aliphatic carbocycles. The second-order valence-electron chi connectivity index (χ2n) is 7.50. The van der Waals surface area contributed by atoms with Crippen LogP contribution in [0.15, 0.2) is 85.1 Å². The third kappa shape index (κ3) is 5.55. The SMILES string of the molecule is COc1ccc(OCc2ccc(C(=O)Nc3ccn(Cc4ccc(C)cc4)n3)cc2)cc1. The molecule has 0 fully saturated rings. The summed E-state index contributed by atoms with van der Waals surface area (Å²) in [4.78, 5) is 12.6. The minimum Gasteiger partial charge on any atom is -0.497 e. The fraction of sp³-hybridized carbons (Fsp3) is 0.154. The van der Waals surface area contributed by atoms with Crippen molar-refractivity contribution in [1.29, 1.82) is 0 Å². The van der Waals surface area contributed by atoms with E-state index in [4.69, 9.17) is 9.47 Å². The van der Waals surface area contributed by atoms with Crippen molar-refractivity contribution >= 4 is 11.7 Å². The van der Waals surface area contributed by atoms with E-state index in [1.165, 1.54) is 5.56 Å².